The molecule has 5 heteroatoms. The van der Waals surface area contributed by atoms with Crippen molar-refractivity contribution in [3.05, 3.63) is 202 Å². The molecular weight excluding hydrogens is 636 g/mol. The minimum Gasteiger partial charge on any atom is -0.488 e. The molecule has 0 saturated carbocycles. The standard InChI is InChI=1S/C24H26O2.C22H21FO2/c1-4-24(25,22-16-18(2)14-15-19(22)3)21-12-8-9-13-23(21)26-17-20-10-6-5-7-11-20;1-2-22(24,18-12-14-19(23)15-13-18)20-10-6-7-11-21(20)25-16-17-8-4-3-5-9-17/h5-16,25H,4,17H2,1-3H3;3-15,24H,2,16H2,1H3. The van der Waals surface area contributed by atoms with Crippen molar-refractivity contribution in [2.75, 3.05) is 0 Å². The van der Waals surface area contributed by atoms with Gasteiger partial charge in [-0.05, 0) is 78.8 Å². The van der Waals surface area contributed by atoms with Crippen LogP contribution in [-0.2, 0) is 24.4 Å². The van der Waals surface area contributed by atoms with Gasteiger partial charge in [0.25, 0.3) is 0 Å². The minimum absolute atomic E-state index is 0.323. The fourth-order valence-electron chi connectivity index (χ4n) is 6.32. The zero-order valence-corrected chi connectivity index (χ0v) is 29.9. The number of aryl methyl sites for hydroxylation is 2. The molecule has 51 heavy (non-hydrogen) atoms. The number of hydrogen-bond donors (Lipinski definition) is 2. The predicted molar refractivity (Wildman–Crippen MR) is 203 cm³/mol. The van der Waals surface area contributed by atoms with E-state index in [-0.39, 0.29) is 5.82 Å². The van der Waals surface area contributed by atoms with Gasteiger partial charge in [-0.15, -0.1) is 0 Å². The molecule has 0 heterocycles. The van der Waals surface area contributed by atoms with Crippen molar-refractivity contribution in [3.8, 4) is 11.5 Å². The lowest BCUT2D eigenvalue weighted by Crippen LogP contribution is -2.28. The summed E-state index contributed by atoms with van der Waals surface area (Å²) in [4.78, 5) is 0. The monoisotopic (exact) mass is 682 g/mol. The SMILES string of the molecule is CCC(O)(c1cc(C)ccc1C)c1ccccc1OCc1ccccc1.CCC(O)(c1ccc(F)cc1)c1ccccc1OCc1ccccc1. The van der Waals surface area contributed by atoms with Gasteiger partial charge in [0.2, 0.25) is 0 Å². The highest BCUT2D eigenvalue weighted by Crippen LogP contribution is 2.41. The van der Waals surface area contributed by atoms with Gasteiger partial charge in [-0.3, -0.25) is 0 Å². The topological polar surface area (TPSA) is 58.9 Å². The maximum absolute atomic E-state index is 13.3. The molecule has 2 atom stereocenters. The Balaban J connectivity index is 0.000000198. The van der Waals surface area contributed by atoms with Crippen molar-refractivity contribution >= 4 is 0 Å². The zero-order chi connectivity index (χ0) is 36.3. The van der Waals surface area contributed by atoms with Crippen LogP contribution in [0.2, 0.25) is 0 Å². The van der Waals surface area contributed by atoms with Crippen molar-refractivity contribution in [2.45, 2.75) is 65.0 Å². The highest BCUT2D eigenvalue weighted by Gasteiger charge is 2.34. The van der Waals surface area contributed by atoms with Gasteiger partial charge >= 0.3 is 0 Å². The van der Waals surface area contributed by atoms with Gasteiger partial charge in [0.15, 0.2) is 0 Å². The van der Waals surface area contributed by atoms with Crippen LogP contribution in [0.15, 0.2) is 152 Å². The fraction of sp³-hybridized carbons (Fsp3) is 0.217. The van der Waals surface area contributed by atoms with Crippen LogP contribution in [0.3, 0.4) is 0 Å². The van der Waals surface area contributed by atoms with Crippen molar-refractivity contribution in [3.63, 3.8) is 0 Å². The first kappa shape index (κ1) is 37.0. The first-order valence-corrected chi connectivity index (χ1v) is 17.5. The third-order valence-electron chi connectivity index (χ3n) is 9.32. The van der Waals surface area contributed by atoms with E-state index in [1.54, 1.807) is 12.1 Å². The van der Waals surface area contributed by atoms with E-state index in [1.807, 2.05) is 130 Å². The molecule has 0 saturated heterocycles. The highest BCUT2D eigenvalue weighted by atomic mass is 19.1. The molecule has 4 nitrogen and oxygen atoms in total. The fourth-order valence-corrected chi connectivity index (χ4v) is 6.32. The molecule has 2 N–H and O–H groups in total. The number of rotatable bonds is 12. The van der Waals surface area contributed by atoms with Crippen molar-refractivity contribution in [1.82, 2.24) is 0 Å². The maximum atomic E-state index is 13.3. The van der Waals surface area contributed by atoms with Crippen LogP contribution in [-0.4, -0.2) is 10.2 Å². The largest absolute Gasteiger partial charge is 0.488 e. The Morgan fingerprint density at radius 1 is 0.510 bits per heavy atom. The normalized spacial score (nSPS) is 13.2. The first-order valence-electron chi connectivity index (χ1n) is 17.5. The Labute approximate surface area is 301 Å². The van der Waals surface area contributed by atoms with Crippen LogP contribution < -0.4 is 9.47 Å². The van der Waals surface area contributed by atoms with Crippen LogP contribution in [0.1, 0.15) is 71.2 Å². The number of aliphatic hydroxyl groups is 2. The van der Waals surface area contributed by atoms with Gasteiger partial charge in [0.1, 0.15) is 41.7 Å². The number of ether oxygens (including phenoxy) is 2. The van der Waals surface area contributed by atoms with Crippen LogP contribution >= 0.6 is 0 Å². The predicted octanol–water partition coefficient (Wildman–Crippen LogP) is 10.6. The Kier molecular flexibility index (Phi) is 12.4. The van der Waals surface area contributed by atoms with E-state index in [0.29, 0.717) is 42.9 Å². The summed E-state index contributed by atoms with van der Waals surface area (Å²) in [6.07, 6.45) is 1.02. The summed E-state index contributed by atoms with van der Waals surface area (Å²) in [5, 5.41) is 23.0. The summed E-state index contributed by atoms with van der Waals surface area (Å²) in [5.41, 5.74) is 5.14. The molecule has 0 spiro atoms. The summed E-state index contributed by atoms with van der Waals surface area (Å²) in [7, 11) is 0. The first-order chi connectivity index (χ1) is 24.7. The second-order valence-electron chi connectivity index (χ2n) is 12.8. The zero-order valence-electron chi connectivity index (χ0n) is 29.9. The Bertz CT molecular complexity index is 1980. The molecular formula is C46H47FO4. The number of halogens is 1. The van der Waals surface area contributed by atoms with Gasteiger partial charge in [0, 0.05) is 11.1 Å². The van der Waals surface area contributed by atoms with Crippen molar-refractivity contribution in [2.24, 2.45) is 0 Å². The molecule has 2 unspecified atom stereocenters. The smallest absolute Gasteiger partial charge is 0.126 e. The van der Waals surface area contributed by atoms with E-state index in [9.17, 15) is 14.6 Å². The van der Waals surface area contributed by atoms with Crippen molar-refractivity contribution < 1.29 is 24.1 Å². The number of hydrogen-bond acceptors (Lipinski definition) is 4. The van der Waals surface area contributed by atoms with E-state index in [0.717, 1.165) is 39.1 Å². The van der Waals surface area contributed by atoms with E-state index in [4.69, 9.17) is 9.47 Å². The highest BCUT2D eigenvalue weighted by molar-refractivity contribution is 5.48. The Hall–Kier alpha value is -5.23. The molecule has 6 aromatic rings. The van der Waals surface area contributed by atoms with Gasteiger partial charge in [-0.25, -0.2) is 4.39 Å². The summed E-state index contributed by atoms with van der Waals surface area (Å²) in [6, 6.07) is 47.4. The van der Waals surface area contributed by atoms with Crippen molar-refractivity contribution in [1.29, 1.82) is 0 Å². The molecule has 6 rings (SSSR count). The third kappa shape index (κ3) is 8.93. The molecule has 0 aromatic heterocycles. The number of para-hydroxylation sites is 2. The minimum atomic E-state index is -1.24. The lowest BCUT2D eigenvalue weighted by Gasteiger charge is -2.31. The second kappa shape index (κ2) is 17.1. The van der Waals surface area contributed by atoms with Gasteiger partial charge in [0.05, 0.1) is 0 Å². The molecule has 0 fully saturated rings. The molecule has 0 amide bonds. The molecule has 6 aromatic carbocycles. The molecule has 262 valence electrons. The van der Waals surface area contributed by atoms with Crippen LogP contribution in [0.4, 0.5) is 4.39 Å². The lowest BCUT2D eigenvalue weighted by molar-refractivity contribution is 0.0715. The molecule has 0 aliphatic heterocycles. The second-order valence-corrected chi connectivity index (χ2v) is 12.8. The van der Waals surface area contributed by atoms with Gasteiger partial charge < -0.3 is 19.7 Å². The van der Waals surface area contributed by atoms with E-state index >= 15 is 0 Å². The summed E-state index contributed by atoms with van der Waals surface area (Å²) in [6.45, 7) is 8.90. The molecule has 0 aliphatic carbocycles. The Morgan fingerprint density at radius 2 is 0.961 bits per heavy atom. The maximum Gasteiger partial charge on any atom is 0.126 e. The molecule has 0 aliphatic rings. The average Bonchev–Trinajstić information content (AvgIpc) is 3.18. The summed E-state index contributed by atoms with van der Waals surface area (Å²) >= 11 is 0. The van der Waals surface area contributed by atoms with Gasteiger partial charge in [-0.2, -0.15) is 0 Å². The van der Waals surface area contributed by atoms with Gasteiger partial charge in [-0.1, -0.05) is 147 Å². The summed E-state index contributed by atoms with van der Waals surface area (Å²) in [5.74, 6) is 1.03. The van der Waals surface area contributed by atoms with Crippen LogP contribution in [0.5, 0.6) is 11.5 Å². The van der Waals surface area contributed by atoms with E-state index in [2.05, 4.69) is 25.1 Å². The number of benzene rings is 6. The van der Waals surface area contributed by atoms with E-state index < -0.39 is 11.2 Å². The van der Waals surface area contributed by atoms with Crippen LogP contribution in [0, 0.1) is 19.7 Å². The lowest BCUT2D eigenvalue weighted by atomic mass is 9.81. The summed E-state index contributed by atoms with van der Waals surface area (Å²) < 4.78 is 25.3. The third-order valence-corrected chi connectivity index (χ3v) is 9.32. The molecule has 0 radical (unpaired) electrons. The quantitative estimate of drug-likeness (QED) is 0.135. The molecule has 0 bridgehead atoms. The Morgan fingerprint density at radius 3 is 1.45 bits per heavy atom. The van der Waals surface area contributed by atoms with E-state index in [1.165, 1.54) is 12.1 Å². The average molecular weight is 683 g/mol. The van der Waals surface area contributed by atoms with Crippen LogP contribution in [0.25, 0.3) is 0 Å².